The first-order chi connectivity index (χ1) is 13.3. The lowest BCUT2D eigenvalue weighted by Gasteiger charge is -2.46. The number of aliphatic carboxylic acids is 1. The van der Waals surface area contributed by atoms with Crippen LogP contribution in [0.25, 0.3) is 0 Å². The fourth-order valence-electron chi connectivity index (χ4n) is 3.35. The highest BCUT2D eigenvalue weighted by Crippen LogP contribution is 2.45. The van der Waals surface area contributed by atoms with E-state index in [2.05, 4.69) is 13.8 Å². The van der Waals surface area contributed by atoms with Crippen molar-refractivity contribution in [3.05, 3.63) is 29.8 Å². The van der Waals surface area contributed by atoms with E-state index in [9.17, 15) is 9.59 Å². The van der Waals surface area contributed by atoms with E-state index < -0.39 is 5.97 Å². The molecule has 1 aromatic rings. The Morgan fingerprint density at radius 3 is 2.29 bits per heavy atom. The van der Waals surface area contributed by atoms with Crippen molar-refractivity contribution in [1.82, 2.24) is 4.90 Å². The minimum Gasteiger partial charge on any atom is -0.482 e. The number of carboxylic acids is 1. The summed E-state index contributed by atoms with van der Waals surface area (Å²) in [7, 11) is 0. The van der Waals surface area contributed by atoms with Crippen molar-refractivity contribution in [2.24, 2.45) is 5.41 Å². The lowest BCUT2D eigenvalue weighted by atomic mass is 9.73. The van der Waals surface area contributed by atoms with Gasteiger partial charge in [-0.25, -0.2) is 4.79 Å². The molecule has 1 unspecified atom stereocenters. The maximum atomic E-state index is 12.3. The molecule has 28 heavy (non-hydrogen) atoms. The molecule has 0 aliphatic carbocycles. The second kappa shape index (κ2) is 12.8. The minimum atomic E-state index is -1.03. The number of benzene rings is 1. The second-order valence-electron chi connectivity index (χ2n) is 6.67. The summed E-state index contributed by atoms with van der Waals surface area (Å²) in [5, 5.41) is 17.5. The smallest absolute Gasteiger partial charge is 0.341 e. The van der Waals surface area contributed by atoms with E-state index in [1.165, 1.54) is 0 Å². The molecule has 0 aromatic heterocycles. The summed E-state index contributed by atoms with van der Waals surface area (Å²) >= 11 is 0. The van der Waals surface area contributed by atoms with E-state index in [4.69, 9.17) is 15.1 Å². The van der Waals surface area contributed by atoms with Crippen LogP contribution in [0.15, 0.2) is 24.3 Å². The second-order valence-corrected chi connectivity index (χ2v) is 6.67. The summed E-state index contributed by atoms with van der Waals surface area (Å²) in [6, 6.07) is 8.98. The molecule has 0 radical (unpaired) electrons. The zero-order chi connectivity index (χ0) is 21.7. The quantitative estimate of drug-likeness (QED) is 0.779. The highest BCUT2D eigenvalue weighted by atomic mass is 16.5. The third kappa shape index (κ3) is 7.22. The Morgan fingerprint density at radius 1 is 1.21 bits per heavy atom. The number of hydrogen-bond donors (Lipinski definition) is 1. The molecular weight excluding hydrogens is 356 g/mol. The van der Waals surface area contributed by atoms with Crippen molar-refractivity contribution in [1.29, 1.82) is 5.26 Å². The Bertz CT molecular complexity index is 647. The Kier molecular flexibility index (Phi) is 11.6. The van der Waals surface area contributed by atoms with Gasteiger partial charge in [-0.15, -0.1) is 0 Å². The molecule has 2 rings (SSSR count). The first-order valence-electron chi connectivity index (χ1n) is 9.96. The Morgan fingerprint density at radius 2 is 1.79 bits per heavy atom. The van der Waals surface area contributed by atoms with Crippen molar-refractivity contribution in [3.8, 4) is 11.8 Å². The molecule has 1 aromatic carbocycles. The van der Waals surface area contributed by atoms with Crippen LogP contribution in [-0.2, 0) is 9.59 Å². The van der Waals surface area contributed by atoms with Crippen LogP contribution < -0.4 is 4.74 Å². The van der Waals surface area contributed by atoms with E-state index in [-0.39, 0.29) is 30.4 Å². The zero-order valence-corrected chi connectivity index (χ0v) is 18.0. The predicted octanol–water partition coefficient (Wildman–Crippen LogP) is 4.81. The number of amides is 1. The predicted molar refractivity (Wildman–Crippen MR) is 110 cm³/mol. The molecule has 0 saturated carbocycles. The van der Waals surface area contributed by atoms with Crippen LogP contribution in [0.1, 0.15) is 72.4 Å². The molecule has 6 heteroatoms. The summed E-state index contributed by atoms with van der Waals surface area (Å²) in [5.74, 6) is -0.702. The molecule has 1 N–H and O–H groups in total. The molecule has 0 bridgehead atoms. The van der Waals surface area contributed by atoms with Gasteiger partial charge in [-0.2, -0.15) is 5.26 Å². The van der Waals surface area contributed by atoms with Crippen LogP contribution in [0, 0.1) is 16.7 Å². The van der Waals surface area contributed by atoms with Crippen molar-refractivity contribution < 1.29 is 19.4 Å². The molecular formula is C22H34N2O4. The summed E-state index contributed by atoms with van der Waals surface area (Å²) in [4.78, 5) is 24.7. The zero-order valence-electron chi connectivity index (χ0n) is 18.0. The van der Waals surface area contributed by atoms with Crippen molar-refractivity contribution in [2.45, 2.75) is 66.8 Å². The number of carbonyl (C=O) groups is 2. The largest absolute Gasteiger partial charge is 0.482 e. The number of hydrogen-bond acceptors (Lipinski definition) is 4. The average molecular weight is 391 g/mol. The van der Waals surface area contributed by atoms with E-state index in [1.54, 1.807) is 17.0 Å². The SMILES string of the molecule is CC.CC.CC1(C)CCCN(C(=O)CC#N)C1c1ccc(OCC(=O)O)cc1. The normalized spacial score (nSPS) is 17.0. The third-order valence-corrected chi connectivity index (χ3v) is 4.38. The van der Waals surface area contributed by atoms with Crippen LogP contribution in [0.3, 0.4) is 0 Å². The van der Waals surface area contributed by atoms with Crippen LogP contribution in [0.2, 0.25) is 0 Å². The number of carboxylic acid groups (broad SMARTS) is 1. The van der Waals surface area contributed by atoms with E-state index >= 15 is 0 Å². The first-order valence-corrected chi connectivity index (χ1v) is 9.96. The molecule has 1 heterocycles. The van der Waals surface area contributed by atoms with E-state index in [0.29, 0.717) is 12.3 Å². The maximum Gasteiger partial charge on any atom is 0.341 e. The van der Waals surface area contributed by atoms with E-state index in [1.807, 2.05) is 45.9 Å². The van der Waals surface area contributed by atoms with Gasteiger partial charge in [-0.05, 0) is 36.0 Å². The highest BCUT2D eigenvalue weighted by molar-refractivity contribution is 5.79. The Labute approximate surface area is 169 Å². The maximum absolute atomic E-state index is 12.3. The van der Waals surface area contributed by atoms with Crippen LogP contribution >= 0.6 is 0 Å². The number of likely N-dealkylation sites (tertiary alicyclic amines) is 1. The molecule has 1 atom stereocenters. The number of rotatable bonds is 5. The summed E-state index contributed by atoms with van der Waals surface area (Å²) in [5.41, 5.74) is 0.862. The number of ether oxygens (including phenoxy) is 1. The molecule has 156 valence electrons. The molecule has 1 aliphatic heterocycles. The van der Waals surface area contributed by atoms with Crippen LogP contribution in [-0.4, -0.2) is 35.0 Å². The fraction of sp³-hybridized carbons (Fsp3) is 0.591. The van der Waals surface area contributed by atoms with Gasteiger partial charge in [0.1, 0.15) is 12.2 Å². The Balaban J connectivity index is 0.00000171. The standard InChI is InChI=1S/C18H22N2O4.2C2H6/c1-18(2)9-3-11-20(15(21)8-10-19)17(18)13-4-6-14(7-5-13)24-12-16(22)23;2*1-2/h4-7,17H,3,8-9,11-12H2,1-2H3,(H,22,23);2*1-2H3. The van der Waals surface area contributed by atoms with Gasteiger partial charge in [0.15, 0.2) is 6.61 Å². The number of nitrogens with zero attached hydrogens (tertiary/aromatic N) is 2. The average Bonchev–Trinajstić information content (AvgIpc) is 2.69. The van der Waals surface area contributed by atoms with Gasteiger partial charge in [0.25, 0.3) is 0 Å². The monoisotopic (exact) mass is 390 g/mol. The van der Waals surface area contributed by atoms with Crippen LogP contribution in [0.5, 0.6) is 5.75 Å². The summed E-state index contributed by atoms with van der Waals surface area (Å²) in [6.45, 7) is 12.5. The number of nitriles is 1. The van der Waals surface area contributed by atoms with Gasteiger partial charge < -0.3 is 14.7 Å². The molecule has 1 fully saturated rings. The topological polar surface area (TPSA) is 90.6 Å². The van der Waals surface area contributed by atoms with Gasteiger partial charge in [0, 0.05) is 6.54 Å². The first kappa shape index (κ1) is 25.4. The third-order valence-electron chi connectivity index (χ3n) is 4.38. The van der Waals surface area contributed by atoms with Crippen molar-refractivity contribution in [3.63, 3.8) is 0 Å². The molecule has 1 aliphatic rings. The van der Waals surface area contributed by atoms with E-state index in [0.717, 1.165) is 18.4 Å². The van der Waals surface area contributed by atoms with Crippen molar-refractivity contribution in [2.75, 3.05) is 13.2 Å². The number of piperidine rings is 1. The van der Waals surface area contributed by atoms with Gasteiger partial charge in [-0.3, -0.25) is 4.79 Å². The van der Waals surface area contributed by atoms with Gasteiger partial charge in [0.2, 0.25) is 5.91 Å². The molecule has 6 nitrogen and oxygen atoms in total. The lowest BCUT2D eigenvalue weighted by Crippen LogP contribution is -2.46. The number of carbonyl (C=O) groups excluding carboxylic acids is 1. The fourth-order valence-corrected chi connectivity index (χ4v) is 3.35. The van der Waals surface area contributed by atoms with Gasteiger partial charge in [0.05, 0.1) is 12.1 Å². The van der Waals surface area contributed by atoms with Gasteiger partial charge >= 0.3 is 5.97 Å². The van der Waals surface area contributed by atoms with Crippen LogP contribution in [0.4, 0.5) is 0 Å². The molecule has 1 amide bonds. The van der Waals surface area contributed by atoms with Crippen molar-refractivity contribution >= 4 is 11.9 Å². The molecule has 0 spiro atoms. The summed E-state index contributed by atoms with van der Waals surface area (Å²) < 4.78 is 5.15. The summed E-state index contributed by atoms with van der Waals surface area (Å²) in [6.07, 6.45) is 1.79. The Hall–Kier alpha value is -2.55. The van der Waals surface area contributed by atoms with Gasteiger partial charge in [-0.1, -0.05) is 53.7 Å². The molecule has 1 saturated heterocycles. The highest BCUT2D eigenvalue weighted by Gasteiger charge is 2.40. The minimum absolute atomic E-state index is 0.104. The lowest BCUT2D eigenvalue weighted by molar-refractivity contribution is -0.139.